The molecule has 3 amide bonds. The van der Waals surface area contributed by atoms with Gasteiger partial charge in [0.05, 0.1) is 10.9 Å². The second kappa shape index (κ2) is 9.23. The van der Waals surface area contributed by atoms with E-state index in [4.69, 9.17) is 0 Å². The summed E-state index contributed by atoms with van der Waals surface area (Å²) in [4.78, 5) is 52.4. The Morgan fingerprint density at radius 3 is 2.33 bits per heavy atom. The molecule has 0 atom stereocenters. The van der Waals surface area contributed by atoms with Gasteiger partial charge in [0.1, 0.15) is 6.54 Å². The molecular formula is C24H21N5O4. The van der Waals surface area contributed by atoms with Gasteiger partial charge in [0.2, 0.25) is 5.91 Å². The summed E-state index contributed by atoms with van der Waals surface area (Å²) in [5.41, 5.74) is 1.49. The highest BCUT2D eigenvalue weighted by molar-refractivity contribution is 6.00. The maximum atomic E-state index is 12.6. The second-order valence-electron chi connectivity index (χ2n) is 7.39. The zero-order valence-electron chi connectivity index (χ0n) is 17.7. The first-order valence-electron chi connectivity index (χ1n) is 10.2. The topological polar surface area (TPSA) is 125 Å². The largest absolute Gasteiger partial charge is 0.329 e. The van der Waals surface area contributed by atoms with Crippen LogP contribution < -0.4 is 27.2 Å². The summed E-state index contributed by atoms with van der Waals surface area (Å²) < 4.78 is 0.850. The molecule has 0 saturated heterocycles. The van der Waals surface area contributed by atoms with Crippen LogP contribution in [0.15, 0.2) is 82.4 Å². The molecule has 33 heavy (non-hydrogen) atoms. The molecule has 4 aromatic rings. The minimum absolute atomic E-state index is 0.316. The van der Waals surface area contributed by atoms with Gasteiger partial charge in [0.15, 0.2) is 0 Å². The van der Waals surface area contributed by atoms with Crippen molar-refractivity contribution in [3.05, 3.63) is 99.2 Å². The molecule has 166 valence electrons. The first-order chi connectivity index (χ1) is 15.9. The highest BCUT2D eigenvalue weighted by Gasteiger charge is 2.13. The fraction of sp³-hybridized carbons (Fsp3) is 0.0833. The Hall–Kier alpha value is -4.66. The van der Waals surface area contributed by atoms with Gasteiger partial charge in [-0.3, -0.25) is 14.2 Å². The number of carbonyl (C=O) groups excluding carboxylic acids is 2. The van der Waals surface area contributed by atoms with Crippen LogP contribution in [0, 0.1) is 6.92 Å². The molecular weight excluding hydrogens is 422 g/mol. The number of nitrogens with one attached hydrogen (secondary N) is 4. The SMILES string of the molecule is Cc1ccc(NC(=O)Nc2ccccc2)cc1NC(=O)Cn1c(=O)[nH]c2ccccc2c1=O. The average molecular weight is 443 g/mol. The lowest BCUT2D eigenvalue weighted by Gasteiger charge is -2.13. The number of urea groups is 1. The predicted octanol–water partition coefficient (Wildman–Crippen LogP) is 3.28. The number of benzene rings is 3. The number of anilines is 3. The summed E-state index contributed by atoms with van der Waals surface area (Å²) in [6, 6.07) is 20.2. The highest BCUT2D eigenvalue weighted by atomic mass is 16.2. The van der Waals surface area contributed by atoms with Crippen LogP contribution in [0.3, 0.4) is 0 Å². The van der Waals surface area contributed by atoms with Gasteiger partial charge in [-0.25, -0.2) is 9.59 Å². The molecule has 0 saturated carbocycles. The summed E-state index contributed by atoms with van der Waals surface area (Å²) in [5.74, 6) is -0.549. The molecule has 3 aromatic carbocycles. The van der Waals surface area contributed by atoms with E-state index in [1.54, 1.807) is 73.7 Å². The van der Waals surface area contributed by atoms with Crippen LogP contribution in [0.4, 0.5) is 21.9 Å². The minimum atomic E-state index is -0.668. The third-order valence-electron chi connectivity index (χ3n) is 4.99. The van der Waals surface area contributed by atoms with E-state index in [0.29, 0.717) is 28.0 Å². The summed E-state index contributed by atoms with van der Waals surface area (Å²) in [5, 5.41) is 8.44. The summed E-state index contributed by atoms with van der Waals surface area (Å²) in [6.45, 7) is 1.34. The van der Waals surface area contributed by atoms with Crippen LogP contribution in [-0.2, 0) is 11.3 Å². The van der Waals surface area contributed by atoms with Crippen molar-refractivity contribution in [2.75, 3.05) is 16.0 Å². The van der Waals surface area contributed by atoms with Gasteiger partial charge in [0, 0.05) is 17.1 Å². The molecule has 9 heteroatoms. The number of carbonyl (C=O) groups is 2. The van der Waals surface area contributed by atoms with Crippen LogP contribution in [-0.4, -0.2) is 21.5 Å². The molecule has 0 bridgehead atoms. The Labute approximate surface area is 188 Å². The maximum Gasteiger partial charge on any atom is 0.329 e. The predicted molar refractivity (Wildman–Crippen MR) is 128 cm³/mol. The van der Waals surface area contributed by atoms with Gasteiger partial charge in [-0.2, -0.15) is 0 Å². The quantitative estimate of drug-likeness (QED) is 0.378. The number of fused-ring (bicyclic) bond motifs is 1. The van der Waals surface area contributed by atoms with Crippen molar-refractivity contribution in [1.29, 1.82) is 0 Å². The van der Waals surface area contributed by atoms with E-state index in [2.05, 4.69) is 20.9 Å². The Bertz CT molecular complexity index is 1460. The Morgan fingerprint density at radius 1 is 0.848 bits per heavy atom. The molecule has 9 nitrogen and oxygen atoms in total. The van der Waals surface area contributed by atoms with E-state index in [1.807, 2.05) is 6.07 Å². The third-order valence-corrected chi connectivity index (χ3v) is 4.99. The zero-order valence-corrected chi connectivity index (χ0v) is 17.7. The number of hydrogen-bond acceptors (Lipinski definition) is 4. The lowest BCUT2D eigenvalue weighted by molar-refractivity contribution is -0.116. The summed E-state index contributed by atoms with van der Waals surface area (Å²) in [6.07, 6.45) is 0. The number of H-pyrrole nitrogens is 1. The Balaban J connectivity index is 1.48. The van der Waals surface area contributed by atoms with Crippen LogP contribution in [0.25, 0.3) is 10.9 Å². The molecule has 0 unspecified atom stereocenters. The molecule has 0 aliphatic carbocycles. The number of amides is 3. The van der Waals surface area contributed by atoms with Crippen LogP contribution in [0.2, 0.25) is 0 Å². The van der Waals surface area contributed by atoms with E-state index in [-0.39, 0.29) is 0 Å². The van der Waals surface area contributed by atoms with E-state index in [0.717, 1.165) is 10.1 Å². The molecule has 0 aliphatic rings. The van der Waals surface area contributed by atoms with Crippen molar-refractivity contribution < 1.29 is 9.59 Å². The van der Waals surface area contributed by atoms with Gasteiger partial charge in [-0.1, -0.05) is 36.4 Å². The normalized spacial score (nSPS) is 10.6. The number of nitrogens with zero attached hydrogens (tertiary/aromatic N) is 1. The van der Waals surface area contributed by atoms with E-state index < -0.39 is 29.7 Å². The lowest BCUT2D eigenvalue weighted by Crippen LogP contribution is -2.38. The smallest absolute Gasteiger partial charge is 0.324 e. The van der Waals surface area contributed by atoms with Gasteiger partial charge in [0.25, 0.3) is 5.56 Å². The van der Waals surface area contributed by atoms with E-state index in [9.17, 15) is 19.2 Å². The summed E-state index contributed by atoms with van der Waals surface area (Å²) in [7, 11) is 0. The Kier molecular flexibility index (Phi) is 6.03. The lowest BCUT2D eigenvalue weighted by atomic mass is 10.1. The first kappa shape index (κ1) is 21.6. The van der Waals surface area contributed by atoms with E-state index >= 15 is 0 Å². The van der Waals surface area contributed by atoms with Crippen molar-refractivity contribution in [2.45, 2.75) is 13.5 Å². The number of para-hydroxylation sites is 2. The van der Waals surface area contributed by atoms with Gasteiger partial charge >= 0.3 is 11.7 Å². The highest BCUT2D eigenvalue weighted by Crippen LogP contribution is 2.20. The monoisotopic (exact) mass is 443 g/mol. The molecule has 0 fully saturated rings. The summed E-state index contributed by atoms with van der Waals surface area (Å²) >= 11 is 0. The fourth-order valence-electron chi connectivity index (χ4n) is 3.33. The van der Waals surface area contributed by atoms with Crippen LogP contribution >= 0.6 is 0 Å². The number of aromatic amines is 1. The fourth-order valence-corrected chi connectivity index (χ4v) is 3.33. The van der Waals surface area contributed by atoms with Crippen LogP contribution in [0.1, 0.15) is 5.56 Å². The molecule has 1 aromatic heterocycles. The molecule has 4 N–H and O–H groups in total. The van der Waals surface area contributed by atoms with Gasteiger partial charge in [-0.15, -0.1) is 0 Å². The van der Waals surface area contributed by atoms with Crippen molar-refractivity contribution in [2.24, 2.45) is 0 Å². The van der Waals surface area contributed by atoms with Crippen molar-refractivity contribution >= 4 is 39.9 Å². The van der Waals surface area contributed by atoms with Crippen LogP contribution in [0.5, 0.6) is 0 Å². The minimum Gasteiger partial charge on any atom is -0.324 e. The second-order valence-corrected chi connectivity index (χ2v) is 7.39. The van der Waals surface area contributed by atoms with E-state index in [1.165, 1.54) is 0 Å². The van der Waals surface area contributed by atoms with Crippen molar-refractivity contribution in [3.8, 4) is 0 Å². The molecule has 1 heterocycles. The standard InChI is InChI=1S/C24H21N5O4/c1-15-11-12-17(26-23(32)25-16-7-3-2-4-8-16)13-20(15)27-21(30)14-29-22(31)18-9-5-6-10-19(18)28-24(29)33/h2-13H,14H2,1H3,(H,27,30)(H,28,33)(H2,25,26,32). The first-order valence-corrected chi connectivity index (χ1v) is 10.2. The number of aromatic nitrogens is 2. The molecule has 0 radical (unpaired) electrons. The molecule has 0 aliphatic heterocycles. The number of rotatable bonds is 5. The maximum absolute atomic E-state index is 12.6. The van der Waals surface area contributed by atoms with Gasteiger partial charge < -0.3 is 20.9 Å². The Morgan fingerprint density at radius 2 is 1.55 bits per heavy atom. The number of aryl methyl sites for hydroxylation is 1. The zero-order chi connectivity index (χ0) is 23.4. The third kappa shape index (κ3) is 4.99. The van der Waals surface area contributed by atoms with Gasteiger partial charge in [-0.05, 0) is 48.9 Å². The molecule has 0 spiro atoms. The van der Waals surface area contributed by atoms with Crippen molar-refractivity contribution in [1.82, 2.24) is 9.55 Å². The molecule has 4 rings (SSSR count). The number of hydrogen-bond donors (Lipinski definition) is 4. The van der Waals surface area contributed by atoms with Crippen molar-refractivity contribution in [3.63, 3.8) is 0 Å². The average Bonchev–Trinajstić information content (AvgIpc) is 2.79.